The summed E-state index contributed by atoms with van der Waals surface area (Å²) in [6.07, 6.45) is 8.51. The Hall–Kier alpha value is -2.68. The second-order valence-corrected chi connectivity index (χ2v) is 9.33. The molecule has 2 N–H and O–H groups in total. The number of nitrogens with one attached hydrogen (secondary N) is 2. The fraction of sp³-hybridized carbons (Fsp3) is 0.640. The van der Waals surface area contributed by atoms with E-state index in [0.29, 0.717) is 36.2 Å². The molecule has 4 rings (SSSR count). The van der Waals surface area contributed by atoms with Crippen molar-refractivity contribution >= 4 is 17.6 Å². The molecule has 1 saturated carbocycles. The van der Waals surface area contributed by atoms with Crippen molar-refractivity contribution in [3.05, 3.63) is 24.0 Å². The summed E-state index contributed by atoms with van der Waals surface area (Å²) in [6.45, 7) is 7.11. The van der Waals surface area contributed by atoms with Crippen molar-refractivity contribution < 1.29 is 13.9 Å². The average Bonchev–Trinajstić information content (AvgIpc) is 3.33. The third kappa shape index (κ3) is 6.25. The van der Waals surface area contributed by atoms with Crippen molar-refractivity contribution in [1.29, 1.82) is 0 Å². The first-order valence-corrected chi connectivity index (χ1v) is 12.6. The van der Waals surface area contributed by atoms with Gasteiger partial charge in [0.2, 0.25) is 11.9 Å². The predicted octanol–water partition coefficient (Wildman–Crippen LogP) is 5.01. The van der Waals surface area contributed by atoms with Crippen LogP contribution in [0.5, 0.6) is 11.8 Å². The van der Waals surface area contributed by atoms with Crippen LogP contribution in [-0.4, -0.2) is 58.7 Å². The first kappa shape index (κ1) is 24.4. The molecule has 0 spiro atoms. The van der Waals surface area contributed by atoms with Gasteiger partial charge in [-0.3, -0.25) is 4.90 Å². The Morgan fingerprint density at radius 3 is 2.62 bits per heavy atom. The zero-order valence-electron chi connectivity index (χ0n) is 20.5. The first-order chi connectivity index (χ1) is 16.6. The molecule has 2 atom stereocenters. The van der Waals surface area contributed by atoms with E-state index in [1.54, 1.807) is 12.1 Å². The van der Waals surface area contributed by atoms with Gasteiger partial charge in [-0.2, -0.15) is 15.0 Å². The van der Waals surface area contributed by atoms with Crippen molar-refractivity contribution in [2.45, 2.75) is 70.9 Å². The molecule has 1 aliphatic carbocycles. The van der Waals surface area contributed by atoms with Crippen molar-refractivity contribution in [2.75, 3.05) is 37.4 Å². The molecule has 2 fully saturated rings. The number of aromatic nitrogens is 3. The van der Waals surface area contributed by atoms with E-state index in [2.05, 4.69) is 44.3 Å². The van der Waals surface area contributed by atoms with E-state index in [1.165, 1.54) is 51.7 Å². The average molecular weight is 473 g/mol. The molecular weight excluding hydrogens is 435 g/mol. The quantitative estimate of drug-likeness (QED) is 0.499. The maximum absolute atomic E-state index is 14.2. The summed E-state index contributed by atoms with van der Waals surface area (Å²) in [4.78, 5) is 16.1. The molecular formula is C25H37FN6O2. The SMILES string of the molecule is CCN1CCCC1C(C)Nc1nc(Nc2ccc(OC)c(F)c2)nc(OCC2CCCCC2)n1. The highest BCUT2D eigenvalue weighted by Gasteiger charge is 2.28. The van der Waals surface area contributed by atoms with E-state index in [4.69, 9.17) is 9.47 Å². The number of ether oxygens (including phenoxy) is 2. The van der Waals surface area contributed by atoms with Gasteiger partial charge in [0, 0.05) is 23.8 Å². The normalized spacial score (nSPS) is 20.2. The molecule has 0 amide bonds. The topological polar surface area (TPSA) is 84.4 Å². The lowest BCUT2D eigenvalue weighted by atomic mass is 9.90. The predicted molar refractivity (Wildman–Crippen MR) is 131 cm³/mol. The van der Waals surface area contributed by atoms with Crippen LogP contribution in [0.1, 0.15) is 58.8 Å². The minimum absolute atomic E-state index is 0.169. The van der Waals surface area contributed by atoms with E-state index < -0.39 is 5.82 Å². The molecule has 0 radical (unpaired) electrons. The Bertz CT molecular complexity index is 940. The fourth-order valence-electron chi connectivity index (χ4n) is 5.07. The second-order valence-electron chi connectivity index (χ2n) is 9.33. The highest BCUT2D eigenvalue weighted by molar-refractivity contribution is 5.56. The van der Waals surface area contributed by atoms with Crippen molar-refractivity contribution in [1.82, 2.24) is 19.9 Å². The van der Waals surface area contributed by atoms with Crippen LogP contribution in [0.2, 0.25) is 0 Å². The van der Waals surface area contributed by atoms with Crippen LogP contribution in [0.25, 0.3) is 0 Å². The lowest BCUT2D eigenvalue weighted by Crippen LogP contribution is -2.41. The number of benzene rings is 1. The molecule has 9 heteroatoms. The number of likely N-dealkylation sites (tertiary alicyclic amines) is 1. The van der Waals surface area contributed by atoms with Gasteiger partial charge in [-0.25, -0.2) is 4.39 Å². The molecule has 2 aromatic rings. The van der Waals surface area contributed by atoms with Crippen LogP contribution in [0, 0.1) is 11.7 Å². The molecule has 1 aromatic heterocycles. The van der Waals surface area contributed by atoms with Crippen molar-refractivity contribution in [3.63, 3.8) is 0 Å². The summed E-state index contributed by atoms with van der Waals surface area (Å²) in [5, 5.41) is 6.55. The van der Waals surface area contributed by atoms with E-state index in [0.717, 1.165) is 19.5 Å². The smallest absolute Gasteiger partial charge is 0.323 e. The lowest BCUT2D eigenvalue weighted by molar-refractivity contribution is 0.196. The second kappa shape index (κ2) is 11.6. The Kier molecular flexibility index (Phi) is 8.37. The third-order valence-corrected chi connectivity index (χ3v) is 6.95. The van der Waals surface area contributed by atoms with Crippen LogP contribution in [0.3, 0.4) is 0 Å². The summed E-state index contributed by atoms with van der Waals surface area (Å²) in [6, 6.07) is 5.54. The summed E-state index contributed by atoms with van der Waals surface area (Å²) < 4.78 is 25.2. The van der Waals surface area contributed by atoms with Gasteiger partial charge in [-0.15, -0.1) is 0 Å². The number of likely N-dealkylation sites (N-methyl/N-ethyl adjacent to an activating group) is 1. The Morgan fingerprint density at radius 1 is 1.09 bits per heavy atom. The maximum Gasteiger partial charge on any atom is 0.323 e. The van der Waals surface area contributed by atoms with Gasteiger partial charge in [0.05, 0.1) is 13.7 Å². The number of nitrogens with zero attached hydrogens (tertiary/aromatic N) is 4. The van der Waals surface area contributed by atoms with Gasteiger partial charge in [0.25, 0.3) is 0 Å². The maximum atomic E-state index is 14.2. The van der Waals surface area contributed by atoms with Gasteiger partial charge in [-0.05, 0) is 63.7 Å². The van der Waals surface area contributed by atoms with Crippen molar-refractivity contribution in [2.24, 2.45) is 5.92 Å². The third-order valence-electron chi connectivity index (χ3n) is 6.95. The minimum atomic E-state index is -0.455. The number of hydrogen-bond acceptors (Lipinski definition) is 8. The van der Waals surface area contributed by atoms with E-state index in [-0.39, 0.29) is 17.8 Å². The van der Waals surface area contributed by atoms with Gasteiger partial charge < -0.3 is 20.1 Å². The molecule has 1 saturated heterocycles. The van der Waals surface area contributed by atoms with Gasteiger partial charge >= 0.3 is 6.01 Å². The van der Waals surface area contributed by atoms with Crippen LogP contribution in [0.4, 0.5) is 22.0 Å². The monoisotopic (exact) mass is 472 g/mol. The van der Waals surface area contributed by atoms with Crippen LogP contribution >= 0.6 is 0 Å². The van der Waals surface area contributed by atoms with Crippen LogP contribution in [0.15, 0.2) is 18.2 Å². The molecule has 1 aliphatic heterocycles. The van der Waals surface area contributed by atoms with Gasteiger partial charge in [-0.1, -0.05) is 26.2 Å². The molecule has 8 nitrogen and oxygen atoms in total. The summed E-state index contributed by atoms with van der Waals surface area (Å²) in [5.41, 5.74) is 0.523. The summed E-state index contributed by atoms with van der Waals surface area (Å²) in [5.74, 6) is 1.03. The molecule has 2 heterocycles. The van der Waals surface area contributed by atoms with E-state index >= 15 is 0 Å². The van der Waals surface area contributed by atoms with E-state index in [9.17, 15) is 4.39 Å². The summed E-state index contributed by atoms with van der Waals surface area (Å²) in [7, 11) is 1.44. The largest absolute Gasteiger partial charge is 0.494 e. The van der Waals surface area contributed by atoms with Crippen LogP contribution < -0.4 is 20.1 Å². The highest BCUT2D eigenvalue weighted by Crippen LogP contribution is 2.27. The number of halogens is 1. The molecule has 186 valence electrons. The van der Waals surface area contributed by atoms with Crippen LogP contribution in [-0.2, 0) is 0 Å². The van der Waals surface area contributed by atoms with Gasteiger partial charge in [0.15, 0.2) is 11.6 Å². The number of methoxy groups -OCH3 is 1. The fourth-order valence-corrected chi connectivity index (χ4v) is 5.07. The lowest BCUT2D eigenvalue weighted by Gasteiger charge is -2.29. The summed E-state index contributed by atoms with van der Waals surface area (Å²) >= 11 is 0. The standard InChI is InChI=1S/C25H37FN6O2/c1-4-32-14-8-11-21(32)17(2)27-23-29-24(28-19-12-13-22(33-3)20(26)15-19)31-25(30-23)34-16-18-9-6-5-7-10-18/h12-13,15,17-18,21H,4-11,14,16H2,1-3H3,(H2,27,28,29,30,31). The zero-order valence-corrected chi connectivity index (χ0v) is 20.5. The Morgan fingerprint density at radius 2 is 1.88 bits per heavy atom. The minimum Gasteiger partial charge on any atom is -0.494 e. The van der Waals surface area contributed by atoms with Crippen molar-refractivity contribution in [3.8, 4) is 11.8 Å². The zero-order chi connectivity index (χ0) is 23.9. The van der Waals surface area contributed by atoms with Gasteiger partial charge in [0.1, 0.15) is 0 Å². The molecule has 1 aromatic carbocycles. The first-order valence-electron chi connectivity index (χ1n) is 12.6. The molecule has 2 unspecified atom stereocenters. The number of anilines is 3. The number of hydrogen-bond donors (Lipinski definition) is 2. The highest BCUT2D eigenvalue weighted by atomic mass is 19.1. The Balaban J connectivity index is 1.52. The molecule has 2 aliphatic rings. The molecule has 0 bridgehead atoms. The molecule has 34 heavy (non-hydrogen) atoms. The Labute approximate surface area is 201 Å². The van der Waals surface area contributed by atoms with E-state index in [1.807, 2.05) is 0 Å². The number of rotatable bonds is 10.